The normalized spacial score (nSPS) is 12.8. The third-order valence-electron chi connectivity index (χ3n) is 2.05. The lowest BCUT2D eigenvalue weighted by molar-refractivity contribution is 0.568. The van der Waals surface area contributed by atoms with Gasteiger partial charge in [0.25, 0.3) is 0 Å². The molecule has 0 fully saturated rings. The zero-order chi connectivity index (χ0) is 10.4. The van der Waals surface area contributed by atoms with E-state index >= 15 is 0 Å². The van der Waals surface area contributed by atoms with E-state index < -0.39 is 0 Å². The van der Waals surface area contributed by atoms with Gasteiger partial charge in [-0.15, -0.1) is 0 Å². The summed E-state index contributed by atoms with van der Waals surface area (Å²) < 4.78 is 4.20. The Labute approximate surface area is 89.1 Å². The number of hydrogen-bond donors (Lipinski definition) is 2. The van der Waals surface area contributed by atoms with Crippen molar-refractivity contribution in [1.82, 2.24) is 9.36 Å². The monoisotopic (exact) mass is 214 g/mol. The third kappa shape index (κ3) is 3.59. The van der Waals surface area contributed by atoms with E-state index in [0.29, 0.717) is 5.92 Å². The van der Waals surface area contributed by atoms with Gasteiger partial charge in [-0.2, -0.15) is 4.37 Å². The summed E-state index contributed by atoms with van der Waals surface area (Å²) in [6.45, 7) is 5.92. The molecule has 4 nitrogen and oxygen atoms in total. The van der Waals surface area contributed by atoms with E-state index in [2.05, 4.69) is 28.5 Å². The van der Waals surface area contributed by atoms with Gasteiger partial charge >= 0.3 is 0 Å². The van der Waals surface area contributed by atoms with Crippen LogP contribution in [0.1, 0.15) is 26.1 Å². The van der Waals surface area contributed by atoms with Crippen LogP contribution in [-0.2, 0) is 6.42 Å². The van der Waals surface area contributed by atoms with Crippen LogP contribution in [0.5, 0.6) is 0 Å². The Bertz CT molecular complexity index is 261. The smallest absolute Gasteiger partial charge is 0.202 e. The first-order chi connectivity index (χ1) is 6.76. The summed E-state index contributed by atoms with van der Waals surface area (Å²) in [5, 5.41) is 4.20. The lowest BCUT2D eigenvalue weighted by Crippen LogP contribution is -2.15. The molecular formula is C9H18N4S. The molecule has 0 aliphatic carbocycles. The number of anilines is 1. The van der Waals surface area contributed by atoms with E-state index in [1.165, 1.54) is 11.5 Å². The Kier molecular flexibility index (Phi) is 4.82. The van der Waals surface area contributed by atoms with Gasteiger partial charge in [0.05, 0.1) is 0 Å². The third-order valence-corrected chi connectivity index (χ3v) is 2.76. The van der Waals surface area contributed by atoms with Crippen LogP contribution in [0.4, 0.5) is 5.13 Å². The molecule has 0 bridgehead atoms. The lowest BCUT2D eigenvalue weighted by Gasteiger charge is -2.09. The molecule has 1 rings (SSSR count). The maximum absolute atomic E-state index is 5.47. The second-order valence-corrected chi connectivity index (χ2v) is 4.18. The van der Waals surface area contributed by atoms with Gasteiger partial charge in [0, 0.05) is 24.5 Å². The van der Waals surface area contributed by atoms with Crippen LogP contribution in [0.2, 0.25) is 0 Å². The first-order valence-electron chi connectivity index (χ1n) is 5.02. The first kappa shape index (κ1) is 11.4. The van der Waals surface area contributed by atoms with Gasteiger partial charge in [-0.3, -0.25) is 0 Å². The molecule has 1 heterocycles. The minimum atomic E-state index is 0.592. The fourth-order valence-corrected chi connectivity index (χ4v) is 1.77. The Morgan fingerprint density at radius 1 is 1.57 bits per heavy atom. The molecule has 5 heteroatoms. The second kappa shape index (κ2) is 5.93. The minimum Gasteiger partial charge on any atom is -0.360 e. The maximum Gasteiger partial charge on any atom is 0.202 e. The van der Waals surface area contributed by atoms with Crippen LogP contribution in [0.3, 0.4) is 0 Å². The number of nitrogens with one attached hydrogen (secondary N) is 1. The molecule has 1 aromatic heterocycles. The minimum absolute atomic E-state index is 0.592. The van der Waals surface area contributed by atoms with Gasteiger partial charge in [0.2, 0.25) is 5.13 Å². The molecule has 0 spiro atoms. The topological polar surface area (TPSA) is 63.8 Å². The van der Waals surface area contributed by atoms with Gasteiger partial charge in [0.1, 0.15) is 5.82 Å². The summed E-state index contributed by atoms with van der Waals surface area (Å²) in [6, 6.07) is 0. The van der Waals surface area contributed by atoms with Crippen molar-refractivity contribution < 1.29 is 0 Å². The fraction of sp³-hybridized carbons (Fsp3) is 0.778. The van der Waals surface area contributed by atoms with E-state index in [1.54, 1.807) is 0 Å². The summed E-state index contributed by atoms with van der Waals surface area (Å²) in [6.07, 6.45) is 1.95. The fourth-order valence-electron chi connectivity index (χ4n) is 1.12. The van der Waals surface area contributed by atoms with Crippen molar-refractivity contribution in [1.29, 1.82) is 0 Å². The maximum atomic E-state index is 5.47. The molecule has 0 radical (unpaired) electrons. The van der Waals surface area contributed by atoms with Crippen LogP contribution in [0, 0.1) is 5.92 Å². The van der Waals surface area contributed by atoms with Crippen molar-refractivity contribution in [3.63, 3.8) is 0 Å². The predicted octanol–water partition coefficient (Wildman–Crippen LogP) is 1.50. The van der Waals surface area contributed by atoms with Crippen molar-refractivity contribution in [2.45, 2.75) is 26.7 Å². The van der Waals surface area contributed by atoms with Crippen molar-refractivity contribution in [3.05, 3.63) is 5.82 Å². The molecule has 3 N–H and O–H groups in total. The molecular weight excluding hydrogens is 196 g/mol. The van der Waals surface area contributed by atoms with Crippen molar-refractivity contribution in [2.24, 2.45) is 11.7 Å². The highest BCUT2D eigenvalue weighted by molar-refractivity contribution is 7.09. The van der Waals surface area contributed by atoms with E-state index in [1.807, 2.05) is 0 Å². The number of nitrogens with zero attached hydrogens (tertiary/aromatic N) is 2. The summed E-state index contributed by atoms with van der Waals surface area (Å²) >= 11 is 1.43. The van der Waals surface area contributed by atoms with E-state index in [9.17, 15) is 0 Å². The van der Waals surface area contributed by atoms with Crippen LogP contribution in [0.15, 0.2) is 0 Å². The van der Waals surface area contributed by atoms with Crippen molar-refractivity contribution in [2.75, 3.05) is 18.4 Å². The molecule has 0 aromatic carbocycles. The second-order valence-electron chi connectivity index (χ2n) is 3.43. The molecule has 0 saturated carbocycles. The van der Waals surface area contributed by atoms with Gasteiger partial charge in [-0.25, -0.2) is 4.98 Å². The Morgan fingerprint density at radius 2 is 2.36 bits per heavy atom. The van der Waals surface area contributed by atoms with Crippen LogP contribution in [-0.4, -0.2) is 22.4 Å². The predicted molar refractivity (Wildman–Crippen MR) is 60.6 cm³/mol. The highest BCUT2D eigenvalue weighted by Gasteiger charge is 2.04. The Morgan fingerprint density at radius 3 is 2.93 bits per heavy atom. The van der Waals surface area contributed by atoms with Gasteiger partial charge in [-0.1, -0.05) is 13.8 Å². The molecule has 1 unspecified atom stereocenters. The molecule has 1 atom stereocenters. The van der Waals surface area contributed by atoms with Crippen LogP contribution < -0.4 is 11.1 Å². The van der Waals surface area contributed by atoms with Crippen molar-refractivity contribution >= 4 is 16.7 Å². The van der Waals surface area contributed by atoms with Gasteiger partial charge in [-0.05, 0) is 18.9 Å². The highest BCUT2D eigenvalue weighted by Crippen LogP contribution is 2.12. The highest BCUT2D eigenvalue weighted by atomic mass is 32.1. The average molecular weight is 214 g/mol. The number of hydrogen-bond acceptors (Lipinski definition) is 5. The van der Waals surface area contributed by atoms with E-state index in [-0.39, 0.29) is 0 Å². The quantitative estimate of drug-likeness (QED) is 0.753. The lowest BCUT2D eigenvalue weighted by atomic mass is 10.1. The summed E-state index contributed by atoms with van der Waals surface area (Å²) in [5.74, 6) is 1.51. The van der Waals surface area contributed by atoms with Gasteiger partial charge < -0.3 is 11.1 Å². The van der Waals surface area contributed by atoms with Crippen LogP contribution >= 0.6 is 11.5 Å². The molecule has 14 heavy (non-hydrogen) atoms. The standard InChI is InChI=1S/C9H18N4S/c1-3-8-12-9(14-13-8)11-6-7(2)4-5-10/h7H,3-6,10H2,1-2H3,(H,11,12,13). The van der Waals surface area contributed by atoms with E-state index in [4.69, 9.17) is 5.73 Å². The summed E-state index contributed by atoms with van der Waals surface area (Å²) in [7, 11) is 0. The zero-order valence-electron chi connectivity index (χ0n) is 8.79. The van der Waals surface area contributed by atoms with Gasteiger partial charge in [0.15, 0.2) is 0 Å². The Balaban J connectivity index is 2.30. The first-order valence-corrected chi connectivity index (χ1v) is 5.80. The molecule has 0 aliphatic rings. The SMILES string of the molecule is CCc1nsc(NCC(C)CCN)n1. The Hall–Kier alpha value is -0.680. The summed E-state index contributed by atoms with van der Waals surface area (Å²) in [4.78, 5) is 4.33. The number of nitrogens with two attached hydrogens (primary N) is 1. The van der Waals surface area contributed by atoms with E-state index in [0.717, 1.165) is 36.9 Å². The number of aryl methyl sites for hydroxylation is 1. The molecule has 0 amide bonds. The average Bonchev–Trinajstić information content (AvgIpc) is 2.63. The molecule has 0 aliphatic heterocycles. The molecule has 0 saturated heterocycles. The number of rotatable bonds is 6. The molecule has 1 aromatic rings. The zero-order valence-corrected chi connectivity index (χ0v) is 9.60. The van der Waals surface area contributed by atoms with Crippen LogP contribution in [0.25, 0.3) is 0 Å². The largest absolute Gasteiger partial charge is 0.360 e. The number of aromatic nitrogens is 2. The molecule has 80 valence electrons. The summed E-state index contributed by atoms with van der Waals surface area (Å²) in [5.41, 5.74) is 5.47. The van der Waals surface area contributed by atoms with Crippen molar-refractivity contribution in [3.8, 4) is 0 Å².